The zero-order chi connectivity index (χ0) is 16.2. The minimum atomic E-state index is -0.437. The molecule has 2 aromatic carbocycles. The lowest BCUT2D eigenvalue weighted by atomic mass is 10.2. The summed E-state index contributed by atoms with van der Waals surface area (Å²) in [5.41, 5.74) is 3.82. The van der Waals surface area contributed by atoms with Crippen LogP contribution in [0, 0.1) is 10.1 Å². The van der Waals surface area contributed by atoms with E-state index in [2.05, 4.69) is 15.5 Å². The van der Waals surface area contributed by atoms with E-state index in [9.17, 15) is 15.2 Å². The largest absolute Gasteiger partial charge is 0.507 e. The number of hydrazone groups is 1. The molecule has 0 fully saturated rings. The number of pyridine rings is 1. The van der Waals surface area contributed by atoms with Crippen molar-refractivity contribution in [2.45, 2.75) is 0 Å². The highest BCUT2D eigenvalue weighted by Crippen LogP contribution is 2.25. The lowest BCUT2D eigenvalue weighted by molar-refractivity contribution is -0.383. The van der Waals surface area contributed by atoms with Gasteiger partial charge in [0.25, 0.3) is 5.69 Å². The number of nitro groups is 1. The normalized spacial score (nSPS) is 11.0. The Morgan fingerprint density at radius 1 is 1.13 bits per heavy atom. The number of rotatable bonds is 4. The summed E-state index contributed by atoms with van der Waals surface area (Å²) in [5.74, 6) is 0.574. The van der Waals surface area contributed by atoms with Gasteiger partial charge in [0.05, 0.1) is 22.0 Å². The van der Waals surface area contributed by atoms with Gasteiger partial charge in [-0.2, -0.15) is 5.10 Å². The van der Waals surface area contributed by atoms with Crippen molar-refractivity contribution in [2.75, 3.05) is 5.43 Å². The van der Waals surface area contributed by atoms with Crippen LogP contribution in [0.3, 0.4) is 0 Å². The van der Waals surface area contributed by atoms with Crippen LogP contribution in [0.1, 0.15) is 5.56 Å². The van der Waals surface area contributed by atoms with Crippen molar-refractivity contribution in [3.63, 3.8) is 0 Å². The van der Waals surface area contributed by atoms with Gasteiger partial charge in [0, 0.05) is 11.6 Å². The summed E-state index contributed by atoms with van der Waals surface area (Å²) < 4.78 is 0. The number of benzene rings is 2. The van der Waals surface area contributed by atoms with Crippen LogP contribution in [0.15, 0.2) is 59.7 Å². The molecule has 0 saturated carbocycles. The first-order valence-corrected chi connectivity index (χ1v) is 6.76. The third kappa shape index (κ3) is 3.08. The molecular weight excluding hydrogens is 296 g/mol. The molecule has 3 aromatic rings. The molecule has 0 saturated heterocycles. The topological polar surface area (TPSA) is 101 Å². The van der Waals surface area contributed by atoms with Crippen LogP contribution in [-0.4, -0.2) is 21.2 Å². The summed E-state index contributed by atoms with van der Waals surface area (Å²) >= 11 is 0. The first-order valence-electron chi connectivity index (χ1n) is 6.76. The van der Waals surface area contributed by atoms with E-state index in [1.807, 2.05) is 0 Å². The average molecular weight is 308 g/mol. The summed E-state index contributed by atoms with van der Waals surface area (Å²) in [7, 11) is 0. The van der Waals surface area contributed by atoms with Crippen molar-refractivity contribution < 1.29 is 10.0 Å². The van der Waals surface area contributed by atoms with Crippen LogP contribution in [0.5, 0.6) is 5.75 Å². The van der Waals surface area contributed by atoms with E-state index in [1.165, 1.54) is 12.3 Å². The molecule has 114 valence electrons. The number of hydrogen-bond donors (Lipinski definition) is 2. The van der Waals surface area contributed by atoms with Gasteiger partial charge < -0.3 is 5.11 Å². The highest BCUT2D eigenvalue weighted by Gasteiger charge is 2.11. The minimum Gasteiger partial charge on any atom is -0.507 e. The maximum Gasteiger partial charge on any atom is 0.278 e. The SMILES string of the molecule is O=[N+]([O-])c1cccc2nc(NN=Cc3ccccc3O)ccc12. The smallest absolute Gasteiger partial charge is 0.278 e. The molecule has 0 atom stereocenters. The van der Waals surface area contributed by atoms with Gasteiger partial charge in [0.15, 0.2) is 0 Å². The van der Waals surface area contributed by atoms with Crippen molar-refractivity contribution in [1.82, 2.24) is 4.98 Å². The summed E-state index contributed by atoms with van der Waals surface area (Å²) in [5, 5.41) is 25.1. The Balaban J connectivity index is 1.84. The second kappa shape index (κ2) is 6.10. The standard InChI is InChI=1S/C16H12N4O3/c21-15-7-2-1-4-11(15)10-17-19-16-9-8-12-13(18-16)5-3-6-14(12)20(22)23/h1-10,21H,(H,18,19). The van der Waals surface area contributed by atoms with Crippen LogP contribution in [0.25, 0.3) is 10.9 Å². The van der Waals surface area contributed by atoms with Gasteiger partial charge in [-0.25, -0.2) is 4.98 Å². The lowest BCUT2D eigenvalue weighted by Crippen LogP contribution is -1.95. The van der Waals surface area contributed by atoms with Crippen molar-refractivity contribution >= 4 is 28.6 Å². The van der Waals surface area contributed by atoms with E-state index < -0.39 is 4.92 Å². The monoisotopic (exact) mass is 308 g/mol. The molecule has 0 radical (unpaired) electrons. The number of para-hydroxylation sites is 1. The van der Waals surface area contributed by atoms with Gasteiger partial charge in [-0.1, -0.05) is 18.2 Å². The van der Waals surface area contributed by atoms with Gasteiger partial charge in [-0.05, 0) is 30.3 Å². The summed E-state index contributed by atoms with van der Waals surface area (Å²) in [6.45, 7) is 0. The molecule has 0 bridgehead atoms. The fourth-order valence-corrected chi connectivity index (χ4v) is 2.12. The number of phenolic OH excluding ortho intramolecular Hbond substituents is 1. The number of aromatic hydroxyl groups is 1. The second-order valence-electron chi connectivity index (χ2n) is 4.73. The van der Waals surface area contributed by atoms with Crippen LogP contribution >= 0.6 is 0 Å². The predicted octanol–water partition coefficient (Wildman–Crippen LogP) is 3.29. The van der Waals surface area contributed by atoms with E-state index in [0.29, 0.717) is 22.3 Å². The molecule has 3 rings (SSSR count). The van der Waals surface area contributed by atoms with E-state index in [-0.39, 0.29) is 11.4 Å². The van der Waals surface area contributed by atoms with Crippen molar-refractivity contribution in [3.8, 4) is 5.75 Å². The van der Waals surface area contributed by atoms with Crippen LogP contribution < -0.4 is 5.43 Å². The Morgan fingerprint density at radius 3 is 2.74 bits per heavy atom. The Hall–Kier alpha value is -3.48. The molecule has 0 aliphatic carbocycles. The molecule has 7 heteroatoms. The van der Waals surface area contributed by atoms with Gasteiger partial charge in [0.2, 0.25) is 0 Å². The van der Waals surface area contributed by atoms with Crippen LogP contribution in [0.2, 0.25) is 0 Å². The molecule has 1 aromatic heterocycles. The molecule has 0 spiro atoms. The van der Waals surface area contributed by atoms with Crippen LogP contribution in [0.4, 0.5) is 11.5 Å². The number of nitrogens with zero attached hydrogens (tertiary/aromatic N) is 3. The lowest BCUT2D eigenvalue weighted by Gasteiger charge is -2.03. The maximum atomic E-state index is 11.0. The zero-order valence-corrected chi connectivity index (χ0v) is 11.9. The molecule has 7 nitrogen and oxygen atoms in total. The number of aromatic nitrogens is 1. The molecule has 0 unspecified atom stereocenters. The fourth-order valence-electron chi connectivity index (χ4n) is 2.12. The van der Waals surface area contributed by atoms with E-state index >= 15 is 0 Å². The zero-order valence-electron chi connectivity index (χ0n) is 11.9. The molecule has 23 heavy (non-hydrogen) atoms. The van der Waals surface area contributed by atoms with Gasteiger partial charge in [0.1, 0.15) is 11.6 Å². The molecular formula is C16H12N4O3. The van der Waals surface area contributed by atoms with Crippen molar-refractivity contribution in [2.24, 2.45) is 5.10 Å². The Bertz CT molecular complexity index is 909. The number of non-ortho nitro benzene ring substituents is 1. The number of anilines is 1. The molecule has 0 aliphatic rings. The summed E-state index contributed by atoms with van der Waals surface area (Å²) in [6, 6.07) is 14.7. The Morgan fingerprint density at radius 2 is 1.96 bits per heavy atom. The number of phenols is 1. The predicted molar refractivity (Wildman–Crippen MR) is 87.7 cm³/mol. The molecule has 1 heterocycles. The highest BCUT2D eigenvalue weighted by atomic mass is 16.6. The van der Waals surface area contributed by atoms with E-state index in [0.717, 1.165) is 0 Å². The average Bonchev–Trinajstić information content (AvgIpc) is 2.55. The second-order valence-corrected chi connectivity index (χ2v) is 4.73. The summed E-state index contributed by atoms with van der Waals surface area (Å²) in [6.07, 6.45) is 1.47. The minimum absolute atomic E-state index is 0.0132. The number of nitro benzene ring substituents is 1. The highest BCUT2D eigenvalue weighted by molar-refractivity contribution is 5.89. The summed E-state index contributed by atoms with van der Waals surface area (Å²) in [4.78, 5) is 14.8. The molecule has 2 N–H and O–H groups in total. The molecule has 0 aliphatic heterocycles. The van der Waals surface area contributed by atoms with Crippen molar-refractivity contribution in [1.29, 1.82) is 0 Å². The number of fused-ring (bicyclic) bond motifs is 1. The first kappa shape index (κ1) is 14.5. The molecule has 0 amide bonds. The van der Waals surface area contributed by atoms with Crippen molar-refractivity contribution in [3.05, 3.63) is 70.3 Å². The van der Waals surface area contributed by atoms with Gasteiger partial charge in [-0.3, -0.25) is 15.5 Å². The third-order valence-electron chi connectivity index (χ3n) is 3.23. The number of nitrogens with one attached hydrogen (secondary N) is 1. The third-order valence-corrected chi connectivity index (χ3v) is 3.23. The van der Waals surface area contributed by atoms with E-state index in [1.54, 1.807) is 48.5 Å². The van der Waals surface area contributed by atoms with E-state index in [4.69, 9.17) is 0 Å². The maximum absolute atomic E-state index is 11.0. The Labute approximate surface area is 131 Å². The Kier molecular flexibility index (Phi) is 3.84. The quantitative estimate of drug-likeness (QED) is 0.437. The van der Waals surface area contributed by atoms with Crippen LogP contribution in [-0.2, 0) is 0 Å². The van der Waals surface area contributed by atoms with Gasteiger partial charge in [-0.15, -0.1) is 0 Å². The number of hydrogen-bond acceptors (Lipinski definition) is 6. The first-order chi connectivity index (χ1) is 11.1. The fraction of sp³-hybridized carbons (Fsp3) is 0. The van der Waals surface area contributed by atoms with Gasteiger partial charge >= 0.3 is 0 Å².